The molecule has 0 aliphatic heterocycles. The third-order valence-corrected chi connectivity index (χ3v) is 5.69. The van der Waals surface area contributed by atoms with Crippen LogP contribution in [0, 0.1) is 17.2 Å². The summed E-state index contributed by atoms with van der Waals surface area (Å²) in [5, 5.41) is 18.8. The van der Waals surface area contributed by atoms with Gasteiger partial charge in [-0.15, -0.1) is 0 Å². The molecule has 0 bridgehead atoms. The van der Waals surface area contributed by atoms with Crippen molar-refractivity contribution < 1.29 is 23.1 Å². The van der Waals surface area contributed by atoms with Crippen molar-refractivity contribution in [1.82, 2.24) is 4.90 Å². The Hall–Kier alpha value is -2.07. The molecule has 146 valence electrons. The van der Waals surface area contributed by atoms with Gasteiger partial charge in [-0.25, -0.2) is 0 Å². The van der Waals surface area contributed by atoms with E-state index in [-0.39, 0.29) is 29.5 Å². The molecular formula is C20H23F3N2O2. The molecule has 1 amide bonds. The SMILES string of the molecule is C[C@](O)(c1ccc(C(=O)N(C2CC2)[C@H]2CC[C@H](C#N)CC2)cc1)C(F)(F)F. The maximum absolute atomic E-state index is 13.0. The number of aliphatic hydroxyl groups is 1. The summed E-state index contributed by atoms with van der Waals surface area (Å²) in [4.78, 5) is 14.9. The zero-order valence-electron chi connectivity index (χ0n) is 15.2. The summed E-state index contributed by atoms with van der Waals surface area (Å²) >= 11 is 0. The van der Waals surface area contributed by atoms with Crippen molar-refractivity contribution in [2.75, 3.05) is 0 Å². The summed E-state index contributed by atoms with van der Waals surface area (Å²) in [5.41, 5.74) is -2.93. The fraction of sp³-hybridized carbons (Fsp3) is 0.600. The van der Waals surface area contributed by atoms with Crippen LogP contribution in [0.1, 0.15) is 61.4 Å². The van der Waals surface area contributed by atoms with Gasteiger partial charge in [0.2, 0.25) is 0 Å². The van der Waals surface area contributed by atoms with Crippen molar-refractivity contribution in [3.63, 3.8) is 0 Å². The minimum Gasteiger partial charge on any atom is -0.376 e. The molecular weight excluding hydrogens is 357 g/mol. The highest BCUT2D eigenvalue weighted by atomic mass is 19.4. The Kier molecular flexibility index (Phi) is 5.22. The molecule has 3 rings (SSSR count). The first kappa shape index (κ1) is 19.7. The Morgan fingerprint density at radius 1 is 1.07 bits per heavy atom. The number of halogens is 3. The molecule has 1 aromatic rings. The number of carbonyl (C=O) groups is 1. The van der Waals surface area contributed by atoms with Crippen LogP contribution in [0.2, 0.25) is 0 Å². The van der Waals surface area contributed by atoms with Crippen molar-refractivity contribution in [3.05, 3.63) is 35.4 Å². The molecule has 0 aromatic heterocycles. The van der Waals surface area contributed by atoms with Crippen LogP contribution < -0.4 is 0 Å². The number of carbonyl (C=O) groups excluding carboxylic acids is 1. The van der Waals surface area contributed by atoms with Crippen molar-refractivity contribution in [1.29, 1.82) is 5.26 Å². The van der Waals surface area contributed by atoms with Crippen molar-refractivity contribution in [3.8, 4) is 6.07 Å². The summed E-state index contributed by atoms with van der Waals surface area (Å²) in [6.07, 6.45) is 0.173. The first-order valence-corrected chi connectivity index (χ1v) is 9.27. The number of hydrogen-bond donors (Lipinski definition) is 1. The van der Waals surface area contributed by atoms with Crippen molar-refractivity contribution in [2.24, 2.45) is 5.92 Å². The first-order chi connectivity index (χ1) is 12.6. The highest BCUT2D eigenvalue weighted by Crippen LogP contribution is 2.39. The molecule has 0 heterocycles. The van der Waals surface area contributed by atoms with Gasteiger partial charge in [0.15, 0.2) is 5.60 Å². The summed E-state index contributed by atoms with van der Waals surface area (Å²) < 4.78 is 38.9. The number of nitriles is 1. The second kappa shape index (κ2) is 7.16. The molecule has 1 atom stereocenters. The smallest absolute Gasteiger partial charge is 0.376 e. The van der Waals surface area contributed by atoms with E-state index in [1.165, 1.54) is 24.3 Å². The standard InChI is InChI=1S/C20H23F3N2O2/c1-19(27,20(21,22)23)15-6-4-14(5-7-15)18(26)25(17-10-11-17)16-8-2-13(12-24)3-9-16/h4-7,13,16-17,27H,2-3,8-11H2,1H3/t13-,16-,19-/m0/s1. The van der Waals surface area contributed by atoms with Gasteiger partial charge in [0.1, 0.15) is 0 Å². The third-order valence-electron chi connectivity index (χ3n) is 5.69. The van der Waals surface area contributed by atoms with Gasteiger partial charge < -0.3 is 10.0 Å². The van der Waals surface area contributed by atoms with Gasteiger partial charge in [0.25, 0.3) is 5.91 Å². The molecule has 0 unspecified atom stereocenters. The van der Waals surface area contributed by atoms with Crippen LogP contribution in [-0.4, -0.2) is 34.2 Å². The van der Waals surface area contributed by atoms with E-state index in [1.54, 1.807) is 0 Å². The monoisotopic (exact) mass is 380 g/mol. The van der Waals surface area contributed by atoms with Crippen LogP contribution in [0.5, 0.6) is 0 Å². The van der Waals surface area contributed by atoms with Crippen LogP contribution >= 0.6 is 0 Å². The van der Waals surface area contributed by atoms with Crippen molar-refractivity contribution in [2.45, 2.75) is 69.3 Å². The van der Waals surface area contributed by atoms with E-state index in [4.69, 9.17) is 5.26 Å². The summed E-state index contributed by atoms with van der Waals surface area (Å²) in [5.74, 6) is -0.141. The minimum absolute atomic E-state index is 0.0429. The summed E-state index contributed by atoms with van der Waals surface area (Å²) in [6.45, 7) is 0.702. The topological polar surface area (TPSA) is 64.3 Å². The Morgan fingerprint density at radius 3 is 1.96 bits per heavy atom. The zero-order valence-corrected chi connectivity index (χ0v) is 15.2. The fourth-order valence-corrected chi connectivity index (χ4v) is 3.72. The Labute approximate surface area is 156 Å². The van der Waals surface area contributed by atoms with E-state index in [0.717, 1.165) is 38.5 Å². The van der Waals surface area contributed by atoms with Crippen LogP contribution in [-0.2, 0) is 5.60 Å². The number of hydrogen-bond acceptors (Lipinski definition) is 3. The van der Waals surface area contributed by atoms with Gasteiger partial charge in [-0.2, -0.15) is 18.4 Å². The molecule has 2 saturated carbocycles. The lowest BCUT2D eigenvalue weighted by atomic mass is 9.86. The van der Waals surface area contributed by atoms with Crippen LogP contribution in [0.25, 0.3) is 0 Å². The van der Waals surface area contributed by atoms with Gasteiger partial charge in [-0.1, -0.05) is 12.1 Å². The van der Waals surface area contributed by atoms with E-state index in [0.29, 0.717) is 12.5 Å². The molecule has 0 saturated heterocycles. The highest BCUT2D eigenvalue weighted by Gasteiger charge is 2.51. The van der Waals surface area contributed by atoms with Crippen LogP contribution in [0.3, 0.4) is 0 Å². The predicted octanol–water partition coefficient (Wildman–Crippen LogP) is 4.14. The molecule has 2 aliphatic rings. The Bertz CT molecular complexity index is 725. The Balaban J connectivity index is 1.77. The number of benzene rings is 1. The molecule has 2 aliphatic carbocycles. The van der Waals surface area contributed by atoms with Crippen LogP contribution in [0.4, 0.5) is 13.2 Å². The van der Waals surface area contributed by atoms with Gasteiger partial charge in [0.05, 0.1) is 6.07 Å². The largest absolute Gasteiger partial charge is 0.421 e. The van der Waals surface area contributed by atoms with Crippen LogP contribution in [0.15, 0.2) is 24.3 Å². The molecule has 7 heteroatoms. The lowest BCUT2D eigenvalue weighted by Gasteiger charge is -2.36. The zero-order chi connectivity index (χ0) is 19.8. The highest BCUT2D eigenvalue weighted by molar-refractivity contribution is 5.95. The Morgan fingerprint density at radius 2 is 1.56 bits per heavy atom. The van der Waals surface area contributed by atoms with E-state index in [9.17, 15) is 23.1 Å². The number of amides is 1. The molecule has 1 aromatic carbocycles. The average molecular weight is 380 g/mol. The van der Waals surface area contributed by atoms with Crippen molar-refractivity contribution >= 4 is 5.91 Å². The predicted molar refractivity (Wildman–Crippen MR) is 92.6 cm³/mol. The first-order valence-electron chi connectivity index (χ1n) is 9.27. The van der Waals surface area contributed by atoms with E-state index < -0.39 is 11.8 Å². The summed E-state index contributed by atoms with van der Waals surface area (Å²) in [6, 6.07) is 7.58. The van der Waals surface area contributed by atoms with Gasteiger partial charge in [-0.05, 0) is 63.1 Å². The maximum atomic E-state index is 13.0. The van der Waals surface area contributed by atoms with E-state index in [1.807, 2.05) is 4.90 Å². The minimum atomic E-state index is -4.79. The van der Waals surface area contributed by atoms with Gasteiger partial charge in [0, 0.05) is 23.6 Å². The molecule has 0 radical (unpaired) electrons. The molecule has 1 N–H and O–H groups in total. The average Bonchev–Trinajstić information content (AvgIpc) is 3.46. The second-order valence-corrected chi connectivity index (χ2v) is 7.73. The number of nitrogens with zero attached hydrogens (tertiary/aromatic N) is 2. The molecule has 27 heavy (non-hydrogen) atoms. The van der Waals surface area contributed by atoms with Gasteiger partial charge in [-0.3, -0.25) is 4.79 Å². The maximum Gasteiger partial charge on any atom is 0.421 e. The van der Waals surface area contributed by atoms with E-state index in [2.05, 4.69) is 6.07 Å². The number of alkyl halides is 3. The van der Waals surface area contributed by atoms with Gasteiger partial charge >= 0.3 is 6.18 Å². The second-order valence-electron chi connectivity index (χ2n) is 7.73. The lowest BCUT2D eigenvalue weighted by Crippen LogP contribution is -2.44. The lowest BCUT2D eigenvalue weighted by molar-refractivity contribution is -0.258. The fourth-order valence-electron chi connectivity index (χ4n) is 3.72. The number of rotatable bonds is 4. The third kappa shape index (κ3) is 3.96. The summed E-state index contributed by atoms with van der Waals surface area (Å²) in [7, 11) is 0. The molecule has 2 fully saturated rings. The molecule has 4 nitrogen and oxygen atoms in total. The van der Waals surface area contributed by atoms with E-state index >= 15 is 0 Å². The quantitative estimate of drug-likeness (QED) is 0.854. The normalized spacial score (nSPS) is 25.3. The molecule has 0 spiro atoms.